The third kappa shape index (κ3) is 4.75. The molecule has 134 valence electrons. The lowest BCUT2D eigenvalue weighted by molar-refractivity contribution is 0.564. The molecule has 3 rings (SSSR count). The van der Waals surface area contributed by atoms with E-state index >= 15 is 0 Å². The van der Waals surface area contributed by atoms with Gasteiger partial charge in [-0.15, -0.1) is 0 Å². The number of nitrogens with one attached hydrogen (secondary N) is 2. The van der Waals surface area contributed by atoms with E-state index in [1.807, 2.05) is 24.0 Å². The van der Waals surface area contributed by atoms with E-state index in [1.165, 1.54) is 12.1 Å². The largest absolute Gasteiger partial charge is 0.371 e. The summed E-state index contributed by atoms with van der Waals surface area (Å²) in [5.41, 5.74) is 2.42. The lowest BCUT2D eigenvalue weighted by atomic mass is 10.1. The first kappa shape index (κ1) is 17.8. The fourth-order valence-electron chi connectivity index (χ4n) is 3.12. The van der Waals surface area contributed by atoms with Gasteiger partial charge in [-0.1, -0.05) is 22.0 Å². The molecule has 0 spiro atoms. The molecular formula is C18H25BrN6. The monoisotopic (exact) mass is 404 g/mol. The van der Waals surface area contributed by atoms with Crippen molar-refractivity contribution in [3.63, 3.8) is 0 Å². The maximum absolute atomic E-state index is 4.31. The zero-order valence-corrected chi connectivity index (χ0v) is 16.3. The Morgan fingerprint density at radius 3 is 2.96 bits per heavy atom. The normalized spacial score (nSPS) is 17.8. The van der Waals surface area contributed by atoms with E-state index in [9.17, 15) is 0 Å². The number of benzene rings is 1. The van der Waals surface area contributed by atoms with Crippen LogP contribution < -0.4 is 15.5 Å². The summed E-state index contributed by atoms with van der Waals surface area (Å²) in [6, 6.07) is 10.5. The Kier molecular flexibility index (Phi) is 5.96. The Morgan fingerprint density at radius 1 is 1.36 bits per heavy atom. The molecule has 1 aliphatic rings. The van der Waals surface area contributed by atoms with Crippen LogP contribution in [0, 0.1) is 5.92 Å². The topological polar surface area (TPSA) is 57.5 Å². The van der Waals surface area contributed by atoms with Crippen molar-refractivity contribution in [1.82, 2.24) is 20.4 Å². The summed E-state index contributed by atoms with van der Waals surface area (Å²) < 4.78 is 3.00. The van der Waals surface area contributed by atoms with Gasteiger partial charge in [0, 0.05) is 50.1 Å². The summed E-state index contributed by atoms with van der Waals surface area (Å²) in [5, 5.41) is 11.0. The first-order chi connectivity index (χ1) is 12.2. The first-order valence-electron chi connectivity index (χ1n) is 8.57. The first-order valence-corrected chi connectivity index (χ1v) is 9.37. The lowest BCUT2D eigenvalue weighted by Crippen LogP contribution is -2.40. The van der Waals surface area contributed by atoms with Crippen LogP contribution in [0.1, 0.15) is 12.1 Å². The van der Waals surface area contributed by atoms with Gasteiger partial charge in [0.15, 0.2) is 5.96 Å². The van der Waals surface area contributed by atoms with E-state index < -0.39 is 0 Å². The van der Waals surface area contributed by atoms with Crippen molar-refractivity contribution in [3.8, 4) is 0 Å². The molecule has 1 fully saturated rings. The summed E-state index contributed by atoms with van der Waals surface area (Å²) >= 11 is 3.55. The second kappa shape index (κ2) is 8.38. The number of guanidine groups is 1. The van der Waals surface area contributed by atoms with Crippen molar-refractivity contribution in [2.75, 3.05) is 31.6 Å². The van der Waals surface area contributed by atoms with Gasteiger partial charge in [-0.25, -0.2) is 0 Å². The molecule has 0 saturated carbocycles. The molecule has 1 unspecified atom stereocenters. The van der Waals surface area contributed by atoms with Crippen LogP contribution in [-0.2, 0) is 13.6 Å². The Balaban J connectivity index is 1.46. The number of aryl methyl sites for hydroxylation is 1. The number of anilines is 1. The average molecular weight is 405 g/mol. The van der Waals surface area contributed by atoms with Gasteiger partial charge in [0.25, 0.3) is 0 Å². The summed E-state index contributed by atoms with van der Waals surface area (Å²) in [7, 11) is 3.75. The average Bonchev–Trinajstić information content (AvgIpc) is 3.24. The Labute approximate surface area is 157 Å². The third-order valence-corrected chi connectivity index (χ3v) is 5.09. The van der Waals surface area contributed by atoms with Gasteiger partial charge in [0.05, 0.1) is 12.2 Å². The summed E-state index contributed by atoms with van der Waals surface area (Å²) in [5.74, 6) is 1.45. The molecule has 2 aromatic rings. The smallest absolute Gasteiger partial charge is 0.191 e. The van der Waals surface area contributed by atoms with Gasteiger partial charge >= 0.3 is 0 Å². The second-order valence-electron chi connectivity index (χ2n) is 6.33. The van der Waals surface area contributed by atoms with Crippen LogP contribution in [0.2, 0.25) is 0 Å². The van der Waals surface area contributed by atoms with E-state index in [1.54, 1.807) is 7.05 Å². The molecule has 0 radical (unpaired) electrons. The number of aromatic nitrogens is 2. The minimum absolute atomic E-state index is 0.620. The van der Waals surface area contributed by atoms with Crippen molar-refractivity contribution < 1.29 is 0 Å². The maximum Gasteiger partial charge on any atom is 0.191 e. The maximum atomic E-state index is 4.31. The molecule has 0 amide bonds. The molecule has 2 N–H and O–H groups in total. The Bertz CT molecular complexity index is 726. The van der Waals surface area contributed by atoms with E-state index in [0.29, 0.717) is 12.5 Å². The van der Waals surface area contributed by atoms with E-state index in [4.69, 9.17) is 0 Å². The van der Waals surface area contributed by atoms with Gasteiger partial charge in [-0.2, -0.15) is 5.10 Å². The number of hydrogen-bond donors (Lipinski definition) is 2. The molecule has 1 saturated heterocycles. The highest BCUT2D eigenvalue weighted by molar-refractivity contribution is 9.10. The highest BCUT2D eigenvalue weighted by Gasteiger charge is 2.22. The predicted octanol–water partition coefficient (Wildman–Crippen LogP) is 2.37. The van der Waals surface area contributed by atoms with Crippen LogP contribution in [0.4, 0.5) is 5.69 Å². The molecular weight excluding hydrogens is 380 g/mol. The third-order valence-electron chi connectivity index (χ3n) is 4.60. The van der Waals surface area contributed by atoms with Crippen LogP contribution >= 0.6 is 15.9 Å². The molecule has 1 atom stereocenters. The molecule has 1 aromatic heterocycles. The standard InChI is InChI=1S/C18H25BrN6/c1-20-18(22-12-17-6-8-23-24(17)2)21-11-14-7-9-25(13-14)16-5-3-4-15(19)10-16/h3-6,8,10,14H,7,9,11-13H2,1-2H3,(H2,20,21,22). The summed E-state index contributed by atoms with van der Waals surface area (Å²) in [4.78, 5) is 6.76. The minimum atomic E-state index is 0.620. The van der Waals surface area contributed by atoms with Gasteiger partial charge in [0.2, 0.25) is 0 Å². The SMILES string of the molecule is CN=C(NCc1ccnn1C)NCC1CCN(c2cccc(Br)c2)C1. The Morgan fingerprint density at radius 2 is 2.24 bits per heavy atom. The van der Waals surface area contributed by atoms with Crippen molar-refractivity contribution in [1.29, 1.82) is 0 Å². The van der Waals surface area contributed by atoms with Gasteiger partial charge in [-0.3, -0.25) is 9.67 Å². The van der Waals surface area contributed by atoms with Gasteiger partial charge < -0.3 is 15.5 Å². The Hall–Kier alpha value is -2.02. The van der Waals surface area contributed by atoms with Crippen molar-refractivity contribution in [2.24, 2.45) is 18.0 Å². The van der Waals surface area contributed by atoms with E-state index in [0.717, 1.165) is 35.8 Å². The van der Waals surface area contributed by atoms with Crippen LogP contribution in [0.25, 0.3) is 0 Å². The van der Waals surface area contributed by atoms with Crippen molar-refractivity contribution in [2.45, 2.75) is 13.0 Å². The molecule has 6 nitrogen and oxygen atoms in total. The molecule has 7 heteroatoms. The summed E-state index contributed by atoms with van der Waals surface area (Å²) in [6.07, 6.45) is 3.00. The molecule has 0 bridgehead atoms. The molecule has 1 aromatic carbocycles. The molecule has 2 heterocycles. The van der Waals surface area contributed by atoms with Crippen LogP contribution in [0.3, 0.4) is 0 Å². The number of aliphatic imine (C=N–C) groups is 1. The van der Waals surface area contributed by atoms with Gasteiger partial charge in [0.1, 0.15) is 0 Å². The zero-order valence-electron chi connectivity index (χ0n) is 14.7. The van der Waals surface area contributed by atoms with Crippen LogP contribution in [-0.4, -0.2) is 42.4 Å². The fourth-order valence-corrected chi connectivity index (χ4v) is 3.50. The van der Waals surface area contributed by atoms with Crippen LogP contribution in [0.5, 0.6) is 0 Å². The highest BCUT2D eigenvalue weighted by Crippen LogP contribution is 2.25. The molecule has 1 aliphatic heterocycles. The fraction of sp³-hybridized carbons (Fsp3) is 0.444. The number of halogens is 1. The van der Waals surface area contributed by atoms with Gasteiger partial charge in [-0.05, 0) is 36.6 Å². The van der Waals surface area contributed by atoms with Crippen molar-refractivity contribution in [3.05, 3.63) is 46.7 Å². The lowest BCUT2D eigenvalue weighted by Gasteiger charge is -2.19. The zero-order chi connectivity index (χ0) is 17.6. The second-order valence-corrected chi connectivity index (χ2v) is 7.25. The number of hydrogen-bond acceptors (Lipinski definition) is 3. The van der Waals surface area contributed by atoms with E-state index in [2.05, 4.69) is 65.8 Å². The van der Waals surface area contributed by atoms with E-state index in [-0.39, 0.29) is 0 Å². The number of rotatable bonds is 5. The molecule has 25 heavy (non-hydrogen) atoms. The predicted molar refractivity (Wildman–Crippen MR) is 106 cm³/mol. The quantitative estimate of drug-likeness (QED) is 0.593. The molecule has 0 aliphatic carbocycles. The highest BCUT2D eigenvalue weighted by atomic mass is 79.9. The summed E-state index contributed by atoms with van der Waals surface area (Å²) in [6.45, 7) is 3.81. The van der Waals surface area contributed by atoms with Crippen LogP contribution in [0.15, 0.2) is 46.0 Å². The number of nitrogens with zero attached hydrogens (tertiary/aromatic N) is 4. The van der Waals surface area contributed by atoms with Crippen molar-refractivity contribution >= 4 is 27.6 Å². The minimum Gasteiger partial charge on any atom is -0.371 e.